The van der Waals surface area contributed by atoms with Gasteiger partial charge in [0, 0.05) is 31.8 Å². The van der Waals surface area contributed by atoms with Gasteiger partial charge < -0.3 is 14.8 Å². The Hall–Kier alpha value is -0.810. The van der Waals surface area contributed by atoms with Crippen molar-refractivity contribution in [2.24, 2.45) is 0 Å². The van der Waals surface area contributed by atoms with Gasteiger partial charge in [0.05, 0.1) is 6.10 Å². The van der Waals surface area contributed by atoms with Gasteiger partial charge >= 0.3 is 6.09 Å². The second-order valence-corrected chi connectivity index (χ2v) is 8.34. The van der Waals surface area contributed by atoms with Crippen LogP contribution in [0.5, 0.6) is 0 Å². The fourth-order valence-corrected chi connectivity index (χ4v) is 3.80. The predicted octanol–water partition coefficient (Wildman–Crippen LogP) is 3.32. The number of nitrogens with zero attached hydrogens (tertiary/aromatic N) is 1. The Bertz CT molecular complexity index is 390. The van der Waals surface area contributed by atoms with Crippen molar-refractivity contribution in [2.75, 3.05) is 20.2 Å². The standard InChI is InChI=1S/C18H34N2O3/c1-17(2,3)23-16(21)19-14-8-12-20(13-9-14)18(4)10-6-15(22-5)7-11-18/h14-15H,6-13H2,1-5H3,(H,19,21). The number of carbonyl (C=O) groups is 1. The summed E-state index contributed by atoms with van der Waals surface area (Å²) in [6.07, 6.45) is 6.87. The molecule has 0 aromatic rings. The van der Waals surface area contributed by atoms with Crippen LogP contribution in [0.4, 0.5) is 4.79 Å². The zero-order valence-electron chi connectivity index (χ0n) is 15.5. The molecule has 1 amide bonds. The molecule has 134 valence electrons. The number of amides is 1. The van der Waals surface area contributed by atoms with Crippen LogP contribution in [-0.4, -0.2) is 54.5 Å². The van der Waals surface area contributed by atoms with Gasteiger partial charge in [-0.05, 0) is 66.2 Å². The lowest BCUT2D eigenvalue weighted by Crippen LogP contribution is -2.55. The lowest BCUT2D eigenvalue weighted by molar-refractivity contribution is -0.0136. The summed E-state index contributed by atoms with van der Waals surface area (Å²) in [5.41, 5.74) is -0.135. The molecule has 1 N–H and O–H groups in total. The van der Waals surface area contributed by atoms with Gasteiger partial charge in [0.15, 0.2) is 0 Å². The van der Waals surface area contributed by atoms with Gasteiger partial charge in [-0.2, -0.15) is 0 Å². The zero-order chi connectivity index (χ0) is 17.1. The molecule has 5 nitrogen and oxygen atoms in total. The molecule has 1 saturated carbocycles. The third kappa shape index (κ3) is 5.35. The van der Waals surface area contributed by atoms with Crippen molar-refractivity contribution in [3.63, 3.8) is 0 Å². The Balaban J connectivity index is 1.76. The van der Waals surface area contributed by atoms with Crippen LogP contribution >= 0.6 is 0 Å². The zero-order valence-corrected chi connectivity index (χ0v) is 15.5. The number of nitrogens with one attached hydrogen (secondary N) is 1. The van der Waals surface area contributed by atoms with Crippen LogP contribution in [0.15, 0.2) is 0 Å². The largest absolute Gasteiger partial charge is 0.444 e. The second kappa shape index (κ2) is 7.39. The van der Waals surface area contributed by atoms with E-state index in [9.17, 15) is 4.79 Å². The number of hydrogen-bond acceptors (Lipinski definition) is 4. The molecule has 0 aromatic carbocycles. The van der Waals surface area contributed by atoms with Gasteiger partial charge in [-0.1, -0.05) is 0 Å². The number of piperidine rings is 1. The first-order valence-electron chi connectivity index (χ1n) is 8.99. The molecule has 1 heterocycles. The van der Waals surface area contributed by atoms with E-state index < -0.39 is 5.60 Å². The van der Waals surface area contributed by atoms with Crippen LogP contribution in [0.25, 0.3) is 0 Å². The van der Waals surface area contributed by atoms with Crippen molar-refractivity contribution in [2.45, 2.75) is 89.5 Å². The smallest absolute Gasteiger partial charge is 0.407 e. The first-order valence-corrected chi connectivity index (χ1v) is 8.99. The maximum Gasteiger partial charge on any atom is 0.407 e. The van der Waals surface area contributed by atoms with Crippen molar-refractivity contribution >= 4 is 6.09 Å². The predicted molar refractivity (Wildman–Crippen MR) is 91.6 cm³/mol. The van der Waals surface area contributed by atoms with E-state index in [1.54, 1.807) is 0 Å². The highest BCUT2D eigenvalue weighted by Gasteiger charge is 2.38. The van der Waals surface area contributed by atoms with Crippen molar-refractivity contribution in [1.29, 1.82) is 0 Å². The summed E-state index contributed by atoms with van der Waals surface area (Å²) >= 11 is 0. The van der Waals surface area contributed by atoms with E-state index in [0.29, 0.717) is 11.6 Å². The average Bonchev–Trinajstić information content (AvgIpc) is 2.46. The lowest BCUT2D eigenvalue weighted by atomic mass is 9.79. The highest BCUT2D eigenvalue weighted by Crippen LogP contribution is 2.36. The maximum atomic E-state index is 11.9. The van der Waals surface area contributed by atoms with Crippen LogP contribution in [-0.2, 0) is 9.47 Å². The normalized spacial score (nSPS) is 30.9. The molecule has 1 saturated heterocycles. The fourth-order valence-electron chi connectivity index (χ4n) is 3.80. The topological polar surface area (TPSA) is 50.8 Å². The van der Waals surface area contributed by atoms with Crippen LogP contribution < -0.4 is 5.32 Å². The first-order chi connectivity index (χ1) is 10.7. The highest BCUT2D eigenvalue weighted by molar-refractivity contribution is 5.68. The lowest BCUT2D eigenvalue weighted by Gasteiger charge is -2.48. The third-order valence-electron chi connectivity index (χ3n) is 5.32. The van der Waals surface area contributed by atoms with E-state index in [0.717, 1.165) is 38.8 Å². The van der Waals surface area contributed by atoms with E-state index in [2.05, 4.69) is 17.1 Å². The summed E-state index contributed by atoms with van der Waals surface area (Å²) in [6.45, 7) is 10.2. The molecule has 0 radical (unpaired) electrons. The van der Waals surface area contributed by atoms with Gasteiger partial charge in [0.2, 0.25) is 0 Å². The van der Waals surface area contributed by atoms with Gasteiger partial charge in [-0.3, -0.25) is 4.90 Å². The van der Waals surface area contributed by atoms with Crippen molar-refractivity contribution in [3.8, 4) is 0 Å². The Morgan fingerprint density at radius 1 is 1.13 bits per heavy atom. The van der Waals surface area contributed by atoms with Crippen molar-refractivity contribution in [1.82, 2.24) is 10.2 Å². The molecule has 1 aliphatic heterocycles. The quantitative estimate of drug-likeness (QED) is 0.864. The van der Waals surface area contributed by atoms with E-state index in [4.69, 9.17) is 9.47 Å². The second-order valence-electron chi connectivity index (χ2n) is 8.34. The number of hydrogen-bond donors (Lipinski definition) is 1. The average molecular weight is 326 g/mol. The Morgan fingerprint density at radius 3 is 2.17 bits per heavy atom. The van der Waals surface area contributed by atoms with Crippen LogP contribution in [0.1, 0.15) is 66.2 Å². The number of carbonyl (C=O) groups excluding carboxylic acids is 1. The summed E-state index contributed by atoms with van der Waals surface area (Å²) in [5.74, 6) is 0. The monoisotopic (exact) mass is 326 g/mol. The number of rotatable bonds is 3. The molecule has 2 aliphatic rings. The molecule has 1 aliphatic carbocycles. The van der Waals surface area contributed by atoms with E-state index in [1.165, 1.54) is 12.8 Å². The summed E-state index contributed by atoms with van der Waals surface area (Å²) in [4.78, 5) is 14.5. The first kappa shape index (κ1) is 18.5. The van der Waals surface area contributed by atoms with Crippen LogP contribution in [0, 0.1) is 0 Å². The minimum atomic E-state index is -0.432. The molecule has 0 unspecified atom stereocenters. The fraction of sp³-hybridized carbons (Fsp3) is 0.944. The van der Waals surface area contributed by atoms with Gasteiger partial charge in [0.1, 0.15) is 5.60 Å². The number of methoxy groups -OCH3 is 1. The van der Waals surface area contributed by atoms with E-state index >= 15 is 0 Å². The molecular weight excluding hydrogens is 292 g/mol. The molecule has 2 rings (SSSR count). The van der Waals surface area contributed by atoms with Crippen LogP contribution in [0.3, 0.4) is 0 Å². The highest BCUT2D eigenvalue weighted by atomic mass is 16.6. The Labute approximate surface area is 141 Å². The molecule has 0 atom stereocenters. The Kier molecular flexibility index (Phi) is 5.95. The molecule has 23 heavy (non-hydrogen) atoms. The number of alkyl carbamates (subject to hydrolysis) is 1. The van der Waals surface area contributed by atoms with Gasteiger partial charge in [0.25, 0.3) is 0 Å². The molecule has 0 bridgehead atoms. The molecular formula is C18H34N2O3. The van der Waals surface area contributed by atoms with Gasteiger partial charge in [-0.15, -0.1) is 0 Å². The summed E-state index contributed by atoms with van der Waals surface area (Å²) in [5, 5.41) is 3.02. The SMILES string of the molecule is COC1CCC(C)(N2CCC(NC(=O)OC(C)(C)C)CC2)CC1. The number of ether oxygens (including phenoxy) is 2. The molecule has 0 aromatic heterocycles. The van der Waals surface area contributed by atoms with Crippen molar-refractivity contribution in [3.05, 3.63) is 0 Å². The molecule has 0 spiro atoms. The Morgan fingerprint density at radius 2 is 1.70 bits per heavy atom. The molecule has 5 heteroatoms. The summed E-state index contributed by atoms with van der Waals surface area (Å²) in [7, 11) is 1.82. The maximum absolute atomic E-state index is 11.9. The van der Waals surface area contributed by atoms with Gasteiger partial charge in [-0.25, -0.2) is 4.79 Å². The summed E-state index contributed by atoms with van der Waals surface area (Å²) < 4.78 is 10.8. The minimum Gasteiger partial charge on any atom is -0.444 e. The van der Waals surface area contributed by atoms with Crippen LogP contribution in [0.2, 0.25) is 0 Å². The minimum absolute atomic E-state index is 0.236. The molecule has 2 fully saturated rings. The van der Waals surface area contributed by atoms with Crippen molar-refractivity contribution < 1.29 is 14.3 Å². The van der Waals surface area contributed by atoms with E-state index in [1.807, 2.05) is 27.9 Å². The number of likely N-dealkylation sites (tertiary alicyclic amines) is 1. The summed E-state index contributed by atoms with van der Waals surface area (Å²) in [6, 6.07) is 0.236. The van der Waals surface area contributed by atoms with E-state index in [-0.39, 0.29) is 12.1 Å². The third-order valence-corrected chi connectivity index (χ3v) is 5.32.